The van der Waals surface area contributed by atoms with Crippen molar-refractivity contribution >= 4 is 11.9 Å². The first-order valence-corrected chi connectivity index (χ1v) is 3.94. The van der Waals surface area contributed by atoms with Gasteiger partial charge in [0.05, 0.1) is 0 Å². The largest absolute Gasteiger partial charge is 2.00 e. The first-order valence-electron chi connectivity index (χ1n) is 3.94. The van der Waals surface area contributed by atoms with Gasteiger partial charge in [-0.05, 0) is 12.8 Å². The summed E-state index contributed by atoms with van der Waals surface area (Å²) in [6.45, 7) is 3.60. The normalized spacial score (nSPS) is 7.54. The Morgan fingerprint density at radius 1 is 0.923 bits per heavy atom. The minimum atomic E-state index is -0.961. The molecule has 0 aromatic heterocycles. The molecular weight excluding hydrogens is 263 g/mol. The minimum Gasteiger partial charge on any atom is -0.550 e. The van der Waals surface area contributed by atoms with Gasteiger partial charge in [-0.25, -0.2) is 0 Å². The van der Waals surface area contributed by atoms with Crippen LogP contribution in [0.15, 0.2) is 0 Å². The van der Waals surface area contributed by atoms with Crippen LogP contribution in [0.25, 0.3) is 0 Å². The van der Waals surface area contributed by atoms with Gasteiger partial charge in [0.15, 0.2) is 0 Å². The SMILES string of the molecule is CCCC(=O)[O-].CCCC(=O)[O-].[Rh+2]. The van der Waals surface area contributed by atoms with Crippen molar-refractivity contribution in [3.8, 4) is 0 Å². The summed E-state index contributed by atoms with van der Waals surface area (Å²) in [5.74, 6) is -1.92. The summed E-state index contributed by atoms with van der Waals surface area (Å²) in [7, 11) is 0. The molecule has 0 heterocycles. The second-order valence-electron chi connectivity index (χ2n) is 2.24. The molecule has 13 heavy (non-hydrogen) atoms. The van der Waals surface area contributed by atoms with Crippen LogP contribution in [0.5, 0.6) is 0 Å². The number of carboxylic acid groups (broad SMARTS) is 2. The zero-order chi connectivity index (χ0) is 9.98. The van der Waals surface area contributed by atoms with Gasteiger partial charge in [0.2, 0.25) is 0 Å². The number of rotatable bonds is 4. The van der Waals surface area contributed by atoms with Crippen molar-refractivity contribution in [2.45, 2.75) is 39.5 Å². The van der Waals surface area contributed by atoms with Crippen molar-refractivity contribution in [1.82, 2.24) is 0 Å². The van der Waals surface area contributed by atoms with E-state index >= 15 is 0 Å². The zero-order valence-electron chi connectivity index (χ0n) is 7.79. The van der Waals surface area contributed by atoms with Crippen molar-refractivity contribution in [3.05, 3.63) is 0 Å². The van der Waals surface area contributed by atoms with E-state index in [9.17, 15) is 19.8 Å². The van der Waals surface area contributed by atoms with Crippen LogP contribution in [-0.4, -0.2) is 11.9 Å². The van der Waals surface area contributed by atoms with Crippen molar-refractivity contribution in [2.24, 2.45) is 0 Å². The van der Waals surface area contributed by atoms with E-state index in [1.165, 1.54) is 0 Å². The minimum absolute atomic E-state index is 0. The fourth-order valence-electron chi connectivity index (χ4n) is 0.408. The Morgan fingerprint density at radius 2 is 1.15 bits per heavy atom. The summed E-state index contributed by atoms with van der Waals surface area (Å²) >= 11 is 0. The second kappa shape index (κ2) is 14.1. The van der Waals surface area contributed by atoms with Crippen LogP contribution in [0.2, 0.25) is 0 Å². The van der Waals surface area contributed by atoms with Gasteiger partial charge in [-0.3, -0.25) is 0 Å². The van der Waals surface area contributed by atoms with E-state index < -0.39 is 11.9 Å². The number of aliphatic carboxylic acids is 2. The van der Waals surface area contributed by atoms with Gasteiger partial charge >= 0.3 is 19.5 Å². The molecule has 1 radical (unpaired) electrons. The van der Waals surface area contributed by atoms with Crippen LogP contribution in [0.1, 0.15) is 39.5 Å². The Kier molecular flexibility index (Phi) is 19.9. The van der Waals surface area contributed by atoms with Crippen LogP contribution in [0, 0.1) is 0 Å². The number of hydrogen-bond donors (Lipinski definition) is 0. The van der Waals surface area contributed by atoms with Gasteiger partial charge in [-0.15, -0.1) is 0 Å². The van der Waals surface area contributed by atoms with Gasteiger partial charge < -0.3 is 19.8 Å². The summed E-state index contributed by atoms with van der Waals surface area (Å²) in [4.78, 5) is 19.0. The fraction of sp³-hybridized carbons (Fsp3) is 0.750. The molecule has 0 saturated carbocycles. The molecule has 0 aliphatic heterocycles. The average Bonchev–Trinajstić information content (AvgIpc) is 1.87. The fourth-order valence-corrected chi connectivity index (χ4v) is 0.408. The number of carbonyl (C=O) groups is 2. The molecular formula is C8H14O4Rh. The molecule has 0 amide bonds. The molecule has 0 spiro atoms. The molecule has 0 N–H and O–H groups in total. The maximum atomic E-state index is 9.49. The van der Waals surface area contributed by atoms with Gasteiger partial charge in [-0.2, -0.15) is 0 Å². The molecule has 0 fully saturated rings. The Bertz CT molecular complexity index is 120. The first-order chi connectivity index (χ1) is 5.54. The van der Waals surface area contributed by atoms with Crippen molar-refractivity contribution in [3.63, 3.8) is 0 Å². The Morgan fingerprint density at radius 3 is 1.15 bits per heavy atom. The molecule has 4 nitrogen and oxygen atoms in total. The average molecular weight is 277 g/mol. The predicted molar refractivity (Wildman–Crippen MR) is 39.8 cm³/mol. The van der Waals surface area contributed by atoms with E-state index in [-0.39, 0.29) is 32.3 Å². The number of hydrogen-bond acceptors (Lipinski definition) is 4. The topological polar surface area (TPSA) is 80.3 Å². The van der Waals surface area contributed by atoms with E-state index in [1.54, 1.807) is 13.8 Å². The van der Waals surface area contributed by atoms with Gasteiger partial charge in [0.25, 0.3) is 0 Å². The van der Waals surface area contributed by atoms with Crippen LogP contribution >= 0.6 is 0 Å². The molecule has 0 aliphatic rings. The maximum absolute atomic E-state index is 9.49. The standard InChI is InChI=1S/2C4H8O2.Rh/c2*1-2-3-4(5)6;/h2*2-3H2,1H3,(H,5,6);/q;;+2/p-2. The van der Waals surface area contributed by atoms with Crippen molar-refractivity contribution in [2.75, 3.05) is 0 Å². The Labute approximate surface area is 91.1 Å². The second-order valence-corrected chi connectivity index (χ2v) is 2.24. The molecule has 0 rings (SSSR count). The molecule has 0 saturated heterocycles. The molecule has 5 heteroatoms. The first kappa shape index (κ1) is 18.4. The smallest absolute Gasteiger partial charge is 0.550 e. The molecule has 0 unspecified atom stereocenters. The third kappa shape index (κ3) is 34.2. The van der Waals surface area contributed by atoms with E-state index in [2.05, 4.69) is 0 Å². The Hall–Kier alpha value is -0.437. The van der Waals surface area contributed by atoms with Crippen LogP contribution in [-0.2, 0) is 29.1 Å². The molecule has 0 bridgehead atoms. The van der Waals surface area contributed by atoms with E-state index in [1.807, 2.05) is 0 Å². The van der Waals surface area contributed by atoms with Crippen LogP contribution in [0.4, 0.5) is 0 Å². The summed E-state index contributed by atoms with van der Waals surface area (Å²) < 4.78 is 0. The quantitative estimate of drug-likeness (QED) is 0.622. The summed E-state index contributed by atoms with van der Waals surface area (Å²) in [6.07, 6.45) is 1.70. The van der Waals surface area contributed by atoms with E-state index in [4.69, 9.17) is 0 Å². The van der Waals surface area contributed by atoms with Crippen LogP contribution < -0.4 is 10.2 Å². The number of carboxylic acids is 2. The summed E-state index contributed by atoms with van der Waals surface area (Å²) in [5.41, 5.74) is 0. The van der Waals surface area contributed by atoms with Gasteiger partial charge in [0, 0.05) is 11.9 Å². The predicted octanol–water partition coefficient (Wildman–Crippen LogP) is -0.930. The van der Waals surface area contributed by atoms with Crippen molar-refractivity contribution < 1.29 is 39.3 Å². The molecule has 79 valence electrons. The Balaban J connectivity index is -0.000000143. The molecule has 0 aliphatic carbocycles. The van der Waals surface area contributed by atoms with Crippen LogP contribution in [0.3, 0.4) is 0 Å². The summed E-state index contributed by atoms with van der Waals surface area (Å²) in [6, 6.07) is 0. The molecule has 0 atom stereocenters. The van der Waals surface area contributed by atoms with E-state index in [0.717, 1.165) is 0 Å². The monoisotopic (exact) mass is 277 g/mol. The number of carbonyl (C=O) groups excluding carboxylic acids is 2. The molecule has 0 aromatic carbocycles. The summed E-state index contributed by atoms with van der Waals surface area (Å²) in [5, 5.41) is 19.0. The maximum Gasteiger partial charge on any atom is 2.00 e. The zero-order valence-corrected chi connectivity index (χ0v) is 9.43. The van der Waals surface area contributed by atoms with Crippen molar-refractivity contribution in [1.29, 1.82) is 0 Å². The third-order valence-corrected chi connectivity index (χ3v) is 0.908. The van der Waals surface area contributed by atoms with Gasteiger partial charge in [-0.1, -0.05) is 26.7 Å². The molecule has 0 aromatic rings. The third-order valence-electron chi connectivity index (χ3n) is 0.908. The van der Waals surface area contributed by atoms with Gasteiger partial charge in [0.1, 0.15) is 0 Å². The van der Waals surface area contributed by atoms with E-state index in [0.29, 0.717) is 12.8 Å².